The number of benzene rings is 1. The van der Waals surface area contributed by atoms with Gasteiger partial charge in [-0.15, -0.1) is 0 Å². The molecule has 132 valence electrons. The second-order valence-electron chi connectivity index (χ2n) is 6.50. The van der Waals surface area contributed by atoms with Crippen LogP contribution >= 0.6 is 0 Å². The van der Waals surface area contributed by atoms with E-state index in [1.165, 1.54) is 0 Å². The number of carbonyl (C=O) groups is 2. The minimum absolute atomic E-state index is 0.0176. The van der Waals surface area contributed by atoms with Gasteiger partial charge in [0.25, 0.3) is 0 Å². The fraction of sp³-hybridized carbons (Fsp3) is 0.421. The molecule has 2 heterocycles. The van der Waals surface area contributed by atoms with Crippen LogP contribution < -0.4 is 5.32 Å². The summed E-state index contributed by atoms with van der Waals surface area (Å²) in [6, 6.07) is 9.54. The van der Waals surface area contributed by atoms with Crippen molar-refractivity contribution in [1.29, 1.82) is 0 Å². The maximum atomic E-state index is 12.6. The standard InChI is InChI=1S/C19H24N4O2/c1-22-14-20-12-16(22)9-10-18(24)21-17-8-5-11-23(19(17)25)13-15-6-3-2-4-7-15/h2-4,6-7,12,14,17H,5,8-11,13H2,1H3,(H,21,24). The zero-order valence-electron chi connectivity index (χ0n) is 14.5. The van der Waals surface area contributed by atoms with Crippen molar-refractivity contribution in [3.05, 3.63) is 54.1 Å². The SMILES string of the molecule is Cn1cncc1CCC(=O)NC1CCCN(Cc2ccccc2)C1=O. The first-order valence-corrected chi connectivity index (χ1v) is 8.71. The van der Waals surface area contributed by atoms with E-state index in [9.17, 15) is 9.59 Å². The Balaban J connectivity index is 1.52. The third-order valence-electron chi connectivity index (χ3n) is 4.61. The Labute approximate surface area is 147 Å². The lowest BCUT2D eigenvalue weighted by molar-refractivity contribution is -0.139. The van der Waals surface area contributed by atoms with E-state index in [0.717, 1.165) is 24.2 Å². The molecule has 1 unspecified atom stereocenters. The second-order valence-corrected chi connectivity index (χ2v) is 6.50. The monoisotopic (exact) mass is 340 g/mol. The summed E-state index contributed by atoms with van der Waals surface area (Å²) in [5.41, 5.74) is 2.12. The summed E-state index contributed by atoms with van der Waals surface area (Å²) in [4.78, 5) is 30.8. The van der Waals surface area contributed by atoms with Gasteiger partial charge >= 0.3 is 0 Å². The summed E-state index contributed by atoms with van der Waals surface area (Å²) in [6.07, 6.45) is 6.09. The second kappa shape index (κ2) is 7.96. The third kappa shape index (κ3) is 4.47. The maximum absolute atomic E-state index is 12.6. The van der Waals surface area contributed by atoms with E-state index in [1.54, 1.807) is 12.5 Å². The Kier molecular flexibility index (Phi) is 5.48. The number of piperidine rings is 1. The molecular formula is C19H24N4O2. The van der Waals surface area contributed by atoms with Crippen LogP contribution in [0.15, 0.2) is 42.9 Å². The van der Waals surface area contributed by atoms with Gasteiger partial charge in [-0.2, -0.15) is 0 Å². The van der Waals surface area contributed by atoms with E-state index in [2.05, 4.69) is 10.3 Å². The van der Waals surface area contributed by atoms with E-state index in [4.69, 9.17) is 0 Å². The van der Waals surface area contributed by atoms with Gasteiger partial charge in [-0.3, -0.25) is 9.59 Å². The number of rotatable bonds is 6. The molecule has 0 saturated carbocycles. The van der Waals surface area contributed by atoms with Gasteiger partial charge in [0.05, 0.1) is 6.33 Å². The molecule has 6 heteroatoms. The van der Waals surface area contributed by atoms with Crippen molar-refractivity contribution in [3.8, 4) is 0 Å². The van der Waals surface area contributed by atoms with Crippen molar-refractivity contribution in [3.63, 3.8) is 0 Å². The van der Waals surface area contributed by atoms with Crippen molar-refractivity contribution < 1.29 is 9.59 Å². The fourth-order valence-electron chi connectivity index (χ4n) is 3.17. The van der Waals surface area contributed by atoms with E-state index < -0.39 is 6.04 Å². The number of aromatic nitrogens is 2. The fourth-order valence-corrected chi connectivity index (χ4v) is 3.17. The summed E-state index contributed by atoms with van der Waals surface area (Å²) < 4.78 is 1.90. The van der Waals surface area contributed by atoms with Gasteiger partial charge in [0.2, 0.25) is 11.8 Å². The van der Waals surface area contributed by atoms with Crippen LogP contribution in [-0.4, -0.2) is 38.9 Å². The lowest BCUT2D eigenvalue weighted by Gasteiger charge is -2.32. The Morgan fingerprint density at radius 2 is 2.12 bits per heavy atom. The molecule has 1 aliphatic heterocycles. The van der Waals surface area contributed by atoms with Gasteiger partial charge in [-0.25, -0.2) is 4.98 Å². The van der Waals surface area contributed by atoms with Crippen LogP contribution in [0.2, 0.25) is 0 Å². The summed E-state index contributed by atoms with van der Waals surface area (Å²) in [7, 11) is 1.91. The highest BCUT2D eigenvalue weighted by molar-refractivity contribution is 5.88. The Hall–Kier alpha value is -2.63. The summed E-state index contributed by atoms with van der Waals surface area (Å²) in [5.74, 6) is -0.0647. The van der Waals surface area contributed by atoms with Crippen LogP contribution in [0.4, 0.5) is 0 Å². The molecule has 0 aliphatic carbocycles. The highest BCUT2D eigenvalue weighted by atomic mass is 16.2. The highest BCUT2D eigenvalue weighted by Crippen LogP contribution is 2.15. The number of imidazole rings is 1. The molecule has 1 fully saturated rings. The first-order valence-electron chi connectivity index (χ1n) is 8.71. The minimum Gasteiger partial charge on any atom is -0.344 e. The van der Waals surface area contributed by atoms with Crippen molar-refractivity contribution in [2.45, 2.75) is 38.3 Å². The Morgan fingerprint density at radius 3 is 2.84 bits per heavy atom. The number of carbonyl (C=O) groups excluding carboxylic acids is 2. The van der Waals surface area contributed by atoms with Gasteiger partial charge in [0.1, 0.15) is 6.04 Å². The normalized spacial score (nSPS) is 17.6. The van der Waals surface area contributed by atoms with Crippen LogP contribution in [0.1, 0.15) is 30.5 Å². The predicted molar refractivity (Wildman–Crippen MR) is 94.6 cm³/mol. The Morgan fingerprint density at radius 1 is 1.32 bits per heavy atom. The predicted octanol–water partition coefficient (Wildman–Crippen LogP) is 1.66. The smallest absolute Gasteiger partial charge is 0.245 e. The summed E-state index contributed by atoms with van der Waals surface area (Å²) in [5, 5.41) is 2.91. The molecule has 6 nitrogen and oxygen atoms in total. The molecule has 3 rings (SSSR count). The van der Waals surface area contributed by atoms with Gasteiger partial charge in [0.15, 0.2) is 0 Å². The Bertz CT molecular complexity index is 726. The van der Waals surface area contributed by atoms with Gasteiger partial charge in [-0.1, -0.05) is 30.3 Å². The lowest BCUT2D eigenvalue weighted by Crippen LogP contribution is -2.51. The number of likely N-dealkylation sites (tertiary alicyclic amines) is 1. The minimum atomic E-state index is -0.406. The van der Waals surface area contributed by atoms with E-state index in [1.807, 2.05) is 46.8 Å². The van der Waals surface area contributed by atoms with Crippen LogP contribution in [0.3, 0.4) is 0 Å². The summed E-state index contributed by atoms with van der Waals surface area (Å²) in [6.45, 7) is 1.34. The highest BCUT2D eigenvalue weighted by Gasteiger charge is 2.29. The van der Waals surface area contributed by atoms with E-state index in [-0.39, 0.29) is 11.8 Å². The molecule has 25 heavy (non-hydrogen) atoms. The average Bonchev–Trinajstić information content (AvgIpc) is 3.03. The van der Waals surface area contributed by atoms with Gasteiger partial charge < -0.3 is 14.8 Å². The molecule has 1 aromatic heterocycles. The molecular weight excluding hydrogens is 316 g/mol. The van der Waals surface area contributed by atoms with Gasteiger partial charge in [-0.05, 0) is 24.8 Å². The van der Waals surface area contributed by atoms with Crippen LogP contribution in [-0.2, 0) is 29.6 Å². The number of nitrogens with zero attached hydrogens (tertiary/aromatic N) is 3. The van der Waals surface area contributed by atoms with E-state index in [0.29, 0.717) is 25.8 Å². The van der Waals surface area contributed by atoms with Crippen LogP contribution in [0.5, 0.6) is 0 Å². The number of nitrogens with one attached hydrogen (secondary N) is 1. The molecule has 0 bridgehead atoms. The lowest BCUT2D eigenvalue weighted by atomic mass is 10.0. The van der Waals surface area contributed by atoms with Crippen molar-refractivity contribution in [2.75, 3.05) is 6.54 Å². The molecule has 1 N–H and O–H groups in total. The molecule has 1 aliphatic rings. The number of hydrogen-bond acceptors (Lipinski definition) is 3. The molecule has 1 atom stereocenters. The third-order valence-corrected chi connectivity index (χ3v) is 4.61. The molecule has 1 aromatic carbocycles. The van der Waals surface area contributed by atoms with E-state index >= 15 is 0 Å². The quantitative estimate of drug-likeness (QED) is 0.870. The van der Waals surface area contributed by atoms with Crippen molar-refractivity contribution in [2.24, 2.45) is 7.05 Å². The molecule has 0 radical (unpaired) electrons. The molecule has 1 saturated heterocycles. The molecule has 2 amide bonds. The van der Waals surface area contributed by atoms with Crippen LogP contribution in [0.25, 0.3) is 0 Å². The van der Waals surface area contributed by atoms with Gasteiger partial charge in [0, 0.05) is 38.4 Å². The first kappa shape index (κ1) is 17.2. The molecule has 2 aromatic rings. The zero-order chi connectivity index (χ0) is 17.6. The maximum Gasteiger partial charge on any atom is 0.245 e. The molecule has 0 spiro atoms. The van der Waals surface area contributed by atoms with Crippen molar-refractivity contribution in [1.82, 2.24) is 19.8 Å². The number of aryl methyl sites for hydroxylation is 2. The topological polar surface area (TPSA) is 67.2 Å². The van der Waals surface area contributed by atoms with Crippen molar-refractivity contribution >= 4 is 11.8 Å². The average molecular weight is 340 g/mol. The summed E-state index contributed by atoms with van der Waals surface area (Å²) >= 11 is 0. The van der Waals surface area contributed by atoms with Crippen LogP contribution in [0, 0.1) is 0 Å². The number of hydrogen-bond donors (Lipinski definition) is 1. The zero-order valence-corrected chi connectivity index (χ0v) is 14.5. The number of amides is 2. The first-order chi connectivity index (χ1) is 12.1. The largest absolute Gasteiger partial charge is 0.344 e.